The number of benzene rings is 2. The van der Waals surface area contributed by atoms with Gasteiger partial charge in [0, 0.05) is 0 Å². The molecule has 0 aliphatic carbocycles. The molecule has 0 saturated carbocycles. The zero-order valence-corrected chi connectivity index (χ0v) is 11.6. The molecular weight excluding hydrogens is 300 g/mol. The molecule has 2 rings (SSSR count). The van der Waals surface area contributed by atoms with Crippen LogP contribution in [0.25, 0.3) is 0 Å². The first kappa shape index (κ1) is 15.4. The van der Waals surface area contributed by atoms with Crippen LogP contribution in [0, 0.1) is 11.6 Å². The fourth-order valence-corrected chi connectivity index (χ4v) is 2.09. The molecule has 1 atom stereocenters. The van der Waals surface area contributed by atoms with E-state index < -0.39 is 23.6 Å². The van der Waals surface area contributed by atoms with E-state index in [1.165, 1.54) is 0 Å². The molecule has 0 fully saturated rings. The molecule has 0 saturated heterocycles. The molecule has 2 aromatic carbocycles. The summed E-state index contributed by atoms with van der Waals surface area (Å²) < 4.78 is 26.2. The van der Waals surface area contributed by atoms with Crippen molar-refractivity contribution in [2.75, 3.05) is 6.61 Å². The number of aliphatic hydroxyl groups is 1. The lowest BCUT2D eigenvalue weighted by molar-refractivity contribution is 0.0916. The van der Waals surface area contributed by atoms with Crippen molar-refractivity contribution < 1.29 is 18.7 Å². The van der Waals surface area contributed by atoms with Crippen molar-refractivity contribution >= 4 is 17.5 Å². The molecule has 2 N–H and O–H groups in total. The Kier molecular flexibility index (Phi) is 4.88. The van der Waals surface area contributed by atoms with Crippen molar-refractivity contribution in [2.24, 2.45) is 0 Å². The van der Waals surface area contributed by atoms with E-state index in [1.54, 1.807) is 30.3 Å². The monoisotopic (exact) mass is 311 g/mol. The van der Waals surface area contributed by atoms with E-state index in [0.29, 0.717) is 5.56 Å². The van der Waals surface area contributed by atoms with Gasteiger partial charge in [0.05, 0.1) is 23.2 Å². The van der Waals surface area contributed by atoms with Crippen LogP contribution in [0.2, 0.25) is 5.02 Å². The summed E-state index contributed by atoms with van der Waals surface area (Å²) in [7, 11) is 0. The topological polar surface area (TPSA) is 49.3 Å². The second-order valence-corrected chi connectivity index (χ2v) is 4.77. The van der Waals surface area contributed by atoms with Crippen LogP contribution < -0.4 is 5.32 Å². The van der Waals surface area contributed by atoms with Gasteiger partial charge in [0.2, 0.25) is 0 Å². The Balaban J connectivity index is 2.23. The third kappa shape index (κ3) is 3.56. The fourth-order valence-electron chi connectivity index (χ4n) is 1.85. The third-order valence-corrected chi connectivity index (χ3v) is 3.26. The second kappa shape index (κ2) is 6.65. The van der Waals surface area contributed by atoms with Gasteiger partial charge in [-0.3, -0.25) is 4.79 Å². The van der Waals surface area contributed by atoms with Crippen molar-refractivity contribution in [1.29, 1.82) is 0 Å². The minimum atomic E-state index is -1.16. The van der Waals surface area contributed by atoms with Gasteiger partial charge in [0.1, 0.15) is 0 Å². The van der Waals surface area contributed by atoms with E-state index in [-0.39, 0.29) is 17.2 Å². The summed E-state index contributed by atoms with van der Waals surface area (Å²) in [5.74, 6) is -2.98. The van der Waals surface area contributed by atoms with Crippen molar-refractivity contribution in [2.45, 2.75) is 6.04 Å². The first-order valence-electron chi connectivity index (χ1n) is 6.14. The largest absolute Gasteiger partial charge is 0.394 e. The average Bonchev–Trinajstić information content (AvgIpc) is 2.49. The van der Waals surface area contributed by atoms with Gasteiger partial charge < -0.3 is 10.4 Å². The minimum Gasteiger partial charge on any atom is -0.394 e. The highest BCUT2D eigenvalue weighted by Crippen LogP contribution is 2.21. The molecule has 0 spiro atoms. The maximum Gasteiger partial charge on any atom is 0.253 e. The lowest BCUT2D eigenvalue weighted by Gasteiger charge is -2.17. The summed E-state index contributed by atoms with van der Waals surface area (Å²) in [5, 5.41) is 11.7. The van der Waals surface area contributed by atoms with Crippen molar-refractivity contribution in [3.05, 3.63) is 70.2 Å². The minimum absolute atomic E-state index is 0.190. The van der Waals surface area contributed by atoms with Gasteiger partial charge in [-0.05, 0) is 17.7 Å². The molecule has 1 unspecified atom stereocenters. The number of hydrogen-bond donors (Lipinski definition) is 2. The number of nitrogens with one attached hydrogen (secondary N) is 1. The van der Waals surface area contributed by atoms with Crippen LogP contribution in [-0.4, -0.2) is 17.6 Å². The highest BCUT2D eigenvalue weighted by atomic mass is 35.5. The second-order valence-electron chi connectivity index (χ2n) is 4.37. The van der Waals surface area contributed by atoms with Crippen molar-refractivity contribution in [3.8, 4) is 0 Å². The van der Waals surface area contributed by atoms with Gasteiger partial charge in [0.15, 0.2) is 11.6 Å². The van der Waals surface area contributed by atoms with E-state index in [1.807, 2.05) is 0 Å². The average molecular weight is 312 g/mol. The summed E-state index contributed by atoms with van der Waals surface area (Å²) in [5.41, 5.74) is 0.497. The molecule has 0 radical (unpaired) electrons. The van der Waals surface area contributed by atoms with Crippen LogP contribution in [0.4, 0.5) is 8.78 Å². The van der Waals surface area contributed by atoms with E-state index in [0.717, 1.165) is 12.1 Å². The van der Waals surface area contributed by atoms with Gasteiger partial charge in [-0.25, -0.2) is 8.78 Å². The zero-order chi connectivity index (χ0) is 15.4. The molecule has 3 nitrogen and oxygen atoms in total. The van der Waals surface area contributed by atoms with E-state index in [9.17, 15) is 18.7 Å². The molecule has 21 heavy (non-hydrogen) atoms. The Bertz CT molecular complexity index is 650. The number of halogens is 3. The number of aliphatic hydroxyl groups excluding tert-OH is 1. The molecule has 0 bridgehead atoms. The molecule has 110 valence electrons. The number of amides is 1. The Hall–Kier alpha value is -1.98. The quantitative estimate of drug-likeness (QED) is 0.853. The molecular formula is C15H12ClF2NO2. The van der Waals surface area contributed by atoms with Gasteiger partial charge >= 0.3 is 0 Å². The summed E-state index contributed by atoms with van der Waals surface area (Å²) in [6.45, 7) is -0.336. The Morgan fingerprint density at radius 1 is 1.19 bits per heavy atom. The third-order valence-electron chi connectivity index (χ3n) is 2.94. The highest BCUT2D eigenvalue weighted by Gasteiger charge is 2.19. The molecule has 0 heterocycles. The summed E-state index contributed by atoms with van der Waals surface area (Å²) in [4.78, 5) is 12.1. The standard InChI is InChI=1S/C15H12ClF2NO2/c16-11-7-13(18)12(17)6-10(11)15(21)19-14(8-20)9-4-2-1-3-5-9/h1-7,14,20H,8H2,(H,19,21). The van der Waals surface area contributed by atoms with Crippen LogP contribution in [0.5, 0.6) is 0 Å². The Labute approximate surface area is 125 Å². The van der Waals surface area contributed by atoms with Gasteiger partial charge in [-0.1, -0.05) is 41.9 Å². The van der Waals surface area contributed by atoms with E-state index in [4.69, 9.17) is 11.6 Å². The number of carbonyl (C=O) groups is 1. The van der Waals surface area contributed by atoms with Crippen molar-refractivity contribution in [3.63, 3.8) is 0 Å². The predicted octanol–water partition coefficient (Wildman–Crippen LogP) is 3.08. The molecule has 6 heteroatoms. The van der Waals surface area contributed by atoms with Crippen molar-refractivity contribution in [1.82, 2.24) is 5.32 Å². The van der Waals surface area contributed by atoms with E-state index >= 15 is 0 Å². The van der Waals surface area contributed by atoms with E-state index in [2.05, 4.69) is 5.32 Å². The molecule has 0 aliphatic heterocycles. The Morgan fingerprint density at radius 3 is 2.43 bits per heavy atom. The first-order valence-corrected chi connectivity index (χ1v) is 6.52. The molecule has 0 aromatic heterocycles. The van der Waals surface area contributed by atoms with Crippen LogP contribution >= 0.6 is 11.6 Å². The Morgan fingerprint density at radius 2 is 1.81 bits per heavy atom. The normalized spacial score (nSPS) is 12.0. The summed E-state index contributed by atoms with van der Waals surface area (Å²) in [6, 6.07) is 9.58. The molecule has 2 aromatic rings. The number of rotatable bonds is 4. The lowest BCUT2D eigenvalue weighted by atomic mass is 10.1. The summed E-state index contributed by atoms with van der Waals surface area (Å²) >= 11 is 5.74. The van der Waals surface area contributed by atoms with Crippen LogP contribution in [0.3, 0.4) is 0 Å². The smallest absolute Gasteiger partial charge is 0.253 e. The summed E-state index contributed by atoms with van der Waals surface area (Å²) in [6.07, 6.45) is 0. The SMILES string of the molecule is O=C(NC(CO)c1ccccc1)c1cc(F)c(F)cc1Cl. The highest BCUT2D eigenvalue weighted by molar-refractivity contribution is 6.33. The predicted molar refractivity (Wildman–Crippen MR) is 75.1 cm³/mol. The maximum atomic E-state index is 13.2. The van der Waals surface area contributed by atoms with Gasteiger partial charge in [-0.2, -0.15) is 0 Å². The van der Waals surface area contributed by atoms with Crippen LogP contribution in [0.1, 0.15) is 22.0 Å². The fraction of sp³-hybridized carbons (Fsp3) is 0.133. The van der Waals surface area contributed by atoms with Crippen LogP contribution in [0.15, 0.2) is 42.5 Å². The lowest BCUT2D eigenvalue weighted by Crippen LogP contribution is -2.31. The molecule has 1 amide bonds. The zero-order valence-electron chi connectivity index (χ0n) is 10.8. The molecule has 0 aliphatic rings. The first-order chi connectivity index (χ1) is 10.0. The van der Waals surface area contributed by atoms with Gasteiger partial charge in [-0.15, -0.1) is 0 Å². The van der Waals surface area contributed by atoms with Crippen LogP contribution in [-0.2, 0) is 0 Å². The van der Waals surface area contributed by atoms with Gasteiger partial charge in [0.25, 0.3) is 5.91 Å². The number of hydrogen-bond acceptors (Lipinski definition) is 2. The maximum absolute atomic E-state index is 13.2. The number of carbonyl (C=O) groups excluding carboxylic acids is 1.